The van der Waals surface area contributed by atoms with Gasteiger partial charge in [-0.1, -0.05) is 18.2 Å². The molecule has 3 aromatic rings. The third-order valence-electron chi connectivity index (χ3n) is 5.67. The molecule has 2 aromatic heterocycles. The Hall–Kier alpha value is -2.50. The van der Waals surface area contributed by atoms with Crippen LogP contribution in [0.4, 0.5) is 4.39 Å². The summed E-state index contributed by atoms with van der Waals surface area (Å²) < 4.78 is 17.4. The number of nitrogens with zero attached hydrogens (tertiary/aromatic N) is 3. The van der Waals surface area contributed by atoms with Gasteiger partial charge in [0.25, 0.3) is 5.56 Å². The van der Waals surface area contributed by atoms with Crippen molar-refractivity contribution in [3.05, 3.63) is 58.8 Å². The molecular weight excluding hydrogens is 307 g/mol. The molecule has 2 saturated carbocycles. The van der Waals surface area contributed by atoms with Gasteiger partial charge in [0.15, 0.2) is 5.67 Å². The average Bonchev–Trinajstić information content (AvgIpc) is 3.04. The number of hydrogen-bond acceptors (Lipinski definition) is 3. The number of aromatic nitrogens is 4. The van der Waals surface area contributed by atoms with Crippen LogP contribution < -0.4 is 5.56 Å². The van der Waals surface area contributed by atoms with Gasteiger partial charge < -0.3 is 0 Å². The first kappa shape index (κ1) is 13.9. The van der Waals surface area contributed by atoms with E-state index < -0.39 is 5.67 Å². The SMILES string of the molecule is O=c1[nH]nc(C2(F)CC3(CC(n4cccn4)C3)C2)c2ccccc12. The fraction of sp³-hybridized carbons (Fsp3) is 0.389. The summed E-state index contributed by atoms with van der Waals surface area (Å²) in [5.74, 6) is 0. The molecule has 1 N–H and O–H groups in total. The maximum Gasteiger partial charge on any atom is 0.272 e. The molecule has 2 aliphatic carbocycles. The van der Waals surface area contributed by atoms with E-state index in [1.807, 2.05) is 23.0 Å². The Kier molecular flexibility index (Phi) is 2.62. The molecule has 24 heavy (non-hydrogen) atoms. The normalized spacial score (nSPS) is 31.8. The molecule has 0 amide bonds. The van der Waals surface area contributed by atoms with E-state index in [4.69, 9.17) is 0 Å². The summed E-state index contributed by atoms with van der Waals surface area (Å²) in [4.78, 5) is 11.9. The zero-order valence-electron chi connectivity index (χ0n) is 13.1. The number of aromatic amines is 1. The Morgan fingerprint density at radius 3 is 2.62 bits per heavy atom. The maximum absolute atomic E-state index is 15.5. The van der Waals surface area contributed by atoms with Crippen LogP contribution in [-0.2, 0) is 5.67 Å². The second kappa shape index (κ2) is 4.53. The van der Waals surface area contributed by atoms with Crippen molar-refractivity contribution >= 4 is 10.8 Å². The summed E-state index contributed by atoms with van der Waals surface area (Å²) in [6, 6.07) is 9.41. The predicted octanol–water partition coefficient (Wildman–Crippen LogP) is 3.10. The lowest BCUT2D eigenvalue weighted by molar-refractivity contribution is -0.144. The van der Waals surface area contributed by atoms with Gasteiger partial charge in [-0.2, -0.15) is 10.2 Å². The van der Waals surface area contributed by atoms with Crippen molar-refractivity contribution in [3.63, 3.8) is 0 Å². The van der Waals surface area contributed by atoms with Crippen LogP contribution in [0.15, 0.2) is 47.5 Å². The van der Waals surface area contributed by atoms with Crippen molar-refractivity contribution in [3.8, 4) is 0 Å². The molecule has 0 bridgehead atoms. The van der Waals surface area contributed by atoms with E-state index in [1.54, 1.807) is 24.4 Å². The topological polar surface area (TPSA) is 63.6 Å². The molecule has 0 unspecified atom stereocenters. The van der Waals surface area contributed by atoms with Crippen molar-refractivity contribution < 1.29 is 4.39 Å². The van der Waals surface area contributed by atoms with E-state index in [0.29, 0.717) is 35.3 Å². The van der Waals surface area contributed by atoms with E-state index in [2.05, 4.69) is 15.3 Å². The fourth-order valence-electron chi connectivity index (χ4n) is 4.67. The summed E-state index contributed by atoms with van der Waals surface area (Å²) in [6.45, 7) is 0. The number of alkyl halides is 1. The molecule has 2 fully saturated rings. The van der Waals surface area contributed by atoms with Gasteiger partial charge in [-0.3, -0.25) is 9.48 Å². The third-order valence-corrected chi connectivity index (χ3v) is 5.67. The number of H-pyrrole nitrogens is 1. The zero-order valence-corrected chi connectivity index (χ0v) is 13.1. The largest absolute Gasteiger partial charge is 0.272 e. The highest BCUT2D eigenvalue weighted by molar-refractivity contribution is 5.84. The Morgan fingerprint density at radius 2 is 1.92 bits per heavy atom. The standard InChI is InChI=1S/C18H17FN4O/c19-18(15-13-4-1-2-5-14(13)16(24)22-21-15)10-17(11-18)8-12(9-17)23-7-3-6-20-23/h1-7,12H,8-11H2,(H,22,24). The van der Waals surface area contributed by atoms with Crippen molar-refractivity contribution in [2.75, 3.05) is 0 Å². The van der Waals surface area contributed by atoms with Crippen LogP contribution in [-0.4, -0.2) is 20.0 Å². The summed E-state index contributed by atoms with van der Waals surface area (Å²) in [7, 11) is 0. The van der Waals surface area contributed by atoms with E-state index in [9.17, 15) is 4.79 Å². The molecule has 2 aliphatic rings. The molecule has 0 atom stereocenters. The highest BCUT2D eigenvalue weighted by atomic mass is 19.1. The monoisotopic (exact) mass is 324 g/mol. The van der Waals surface area contributed by atoms with E-state index in [-0.39, 0.29) is 11.0 Å². The number of nitrogens with one attached hydrogen (secondary N) is 1. The van der Waals surface area contributed by atoms with Crippen molar-refractivity contribution in [2.24, 2.45) is 5.41 Å². The number of fused-ring (bicyclic) bond motifs is 1. The van der Waals surface area contributed by atoms with Gasteiger partial charge >= 0.3 is 0 Å². The lowest BCUT2D eigenvalue weighted by Gasteiger charge is -2.59. The van der Waals surface area contributed by atoms with Crippen LogP contribution in [0.1, 0.15) is 37.4 Å². The molecule has 1 aromatic carbocycles. The predicted molar refractivity (Wildman–Crippen MR) is 87.3 cm³/mol. The lowest BCUT2D eigenvalue weighted by atomic mass is 9.48. The van der Waals surface area contributed by atoms with Crippen LogP contribution in [0.5, 0.6) is 0 Å². The Balaban J connectivity index is 1.42. The van der Waals surface area contributed by atoms with E-state index >= 15 is 4.39 Å². The highest BCUT2D eigenvalue weighted by Gasteiger charge is 2.63. The molecule has 6 heteroatoms. The van der Waals surface area contributed by atoms with Crippen LogP contribution in [0.3, 0.4) is 0 Å². The Morgan fingerprint density at radius 1 is 1.17 bits per heavy atom. The molecule has 0 aliphatic heterocycles. The molecule has 5 rings (SSSR count). The first-order valence-electron chi connectivity index (χ1n) is 8.25. The van der Waals surface area contributed by atoms with Gasteiger partial charge in [-0.05, 0) is 43.2 Å². The molecule has 0 saturated heterocycles. The van der Waals surface area contributed by atoms with E-state index in [1.165, 1.54) is 0 Å². The average molecular weight is 324 g/mol. The quantitative estimate of drug-likeness (QED) is 0.788. The minimum absolute atomic E-state index is 0.0598. The van der Waals surface area contributed by atoms with E-state index in [0.717, 1.165) is 12.8 Å². The molecule has 0 radical (unpaired) electrons. The van der Waals surface area contributed by atoms with Gasteiger partial charge in [-0.15, -0.1) is 0 Å². The number of rotatable bonds is 2. The summed E-state index contributed by atoms with van der Waals surface area (Å²) in [6.07, 6.45) is 6.61. The molecule has 5 nitrogen and oxygen atoms in total. The lowest BCUT2D eigenvalue weighted by Crippen LogP contribution is -2.54. The van der Waals surface area contributed by atoms with Crippen LogP contribution >= 0.6 is 0 Å². The van der Waals surface area contributed by atoms with Crippen LogP contribution in [0.25, 0.3) is 10.8 Å². The number of benzene rings is 1. The van der Waals surface area contributed by atoms with Crippen molar-refractivity contribution in [1.29, 1.82) is 0 Å². The summed E-state index contributed by atoms with van der Waals surface area (Å²) in [5.41, 5.74) is -1.27. The second-order valence-corrected chi connectivity index (χ2v) is 7.31. The number of halogens is 1. The van der Waals surface area contributed by atoms with Crippen LogP contribution in [0.2, 0.25) is 0 Å². The third kappa shape index (κ3) is 1.82. The summed E-state index contributed by atoms with van der Waals surface area (Å²) in [5, 5.41) is 11.9. The molecule has 1 spiro atoms. The van der Waals surface area contributed by atoms with Gasteiger partial charge in [0.2, 0.25) is 0 Å². The van der Waals surface area contributed by atoms with Gasteiger partial charge in [-0.25, -0.2) is 9.49 Å². The fourth-order valence-corrected chi connectivity index (χ4v) is 4.67. The van der Waals surface area contributed by atoms with Crippen molar-refractivity contribution in [1.82, 2.24) is 20.0 Å². The highest BCUT2D eigenvalue weighted by Crippen LogP contribution is 2.68. The van der Waals surface area contributed by atoms with Crippen LogP contribution in [0, 0.1) is 5.41 Å². The Bertz CT molecular complexity index is 964. The maximum atomic E-state index is 15.5. The minimum atomic E-state index is -1.45. The molecular formula is C18H17FN4O. The smallest absolute Gasteiger partial charge is 0.270 e. The zero-order chi connectivity index (χ0) is 16.4. The van der Waals surface area contributed by atoms with Gasteiger partial charge in [0.1, 0.15) is 5.69 Å². The van der Waals surface area contributed by atoms with Crippen molar-refractivity contribution in [2.45, 2.75) is 37.4 Å². The summed E-state index contributed by atoms with van der Waals surface area (Å²) >= 11 is 0. The second-order valence-electron chi connectivity index (χ2n) is 7.31. The first-order valence-corrected chi connectivity index (χ1v) is 8.25. The van der Waals surface area contributed by atoms with Gasteiger partial charge in [0, 0.05) is 17.8 Å². The first-order chi connectivity index (χ1) is 11.6. The molecule has 122 valence electrons. The molecule has 2 heterocycles. The van der Waals surface area contributed by atoms with Gasteiger partial charge in [0.05, 0.1) is 11.4 Å². The minimum Gasteiger partial charge on any atom is -0.270 e. The Labute approximate surface area is 137 Å². The number of hydrogen-bond donors (Lipinski definition) is 1.